The summed E-state index contributed by atoms with van der Waals surface area (Å²) in [4.78, 5) is 17.8. The Balaban J connectivity index is 2.00. The van der Waals surface area contributed by atoms with Crippen LogP contribution in [0.3, 0.4) is 0 Å². The van der Waals surface area contributed by atoms with Gasteiger partial charge in [-0.05, 0) is 25.0 Å². The number of pyridine rings is 1. The highest BCUT2D eigenvalue weighted by Gasteiger charge is 2.26. The Hall–Kier alpha value is -1.78. The number of esters is 1. The van der Waals surface area contributed by atoms with Crippen molar-refractivity contribution in [2.45, 2.75) is 12.8 Å². The van der Waals surface area contributed by atoms with Crippen molar-refractivity contribution >= 4 is 17.5 Å². The second-order valence-corrected chi connectivity index (χ2v) is 4.20. The van der Waals surface area contributed by atoms with E-state index in [-0.39, 0.29) is 11.9 Å². The number of ether oxygens (including phenoxy) is 1. The minimum atomic E-state index is -0.112. The maximum Gasteiger partial charge on any atom is 0.308 e. The molecule has 2 N–H and O–H groups in total. The summed E-state index contributed by atoms with van der Waals surface area (Å²) in [5.74, 6) is 0.718. The molecule has 0 atom stereocenters. The molecule has 0 aliphatic carbocycles. The van der Waals surface area contributed by atoms with Crippen molar-refractivity contribution in [2.75, 3.05) is 30.8 Å². The van der Waals surface area contributed by atoms with Crippen molar-refractivity contribution in [3.05, 3.63) is 18.3 Å². The molecule has 1 aliphatic rings. The lowest BCUT2D eigenvalue weighted by molar-refractivity contribution is -0.146. The molecule has 1 aromatic heterocycles. The van der Waals surface area contributed by atoms with Crippen molar-refractivity contribution < 1.29 is 9.53 Å². The number of carbonyl (C=O) groups is 1. The largest absolute Gasteiger partial charge is 0.469 e. The van der Waals surface area contributed by atoms with Crippen LogP contribution < -0.4 is 10.6 Å². The van der Waals surface area contributed by atoms with Gasteiger partial charge in [-0.25, -0.2) is 4.98 Å². The van der Waals surface area contributed by atoms with Crippen LogP contribution in [0, 0.1) is 5.92 Å². The molecule has 0 unspecified atom stereocenters. The first kappa shape index (κ1) is 11.7. The number of nitrogens with zero attached hydrogens (tertiary/aromatic N) is 2. The van der Waals surface area contributed by atoms with Crippen LogP contribution >= 0.6 is 0 Å². The van der Waals surface area contributed by atoms with Gasteiger partial charge in [0.25, 0.3) is 0 Å². The number of nitrogens with two attached hydrogens (primary N) is 1. The number of hydrogen-bond donors (Lipinski definition) is 1. The smallest absolute Gasteiger partial charge is 0.308 e. The Morgan fingerprint density at radius 3 is 2.82 bits per heavy atom. The normalized spacial score (nSPS) is 16.9. The third-order valence-electron chi connectivity index (χ3n) is 3.15. The van der Waals surface area contributed by atoms with Gasteiger partial charge in [-0.15, -0.1) is 0 Å². The Morgan fingerprint density at radius 1 is 1.53 bits per heavy atom. The number of hydrogen-bond acceptors (Lipinski definition) is 5. The van der Waals surface area contributed by atoms with E-state index in [1.165, 1.54) is 7.11 Å². The maximum atomic E-state index is 11.4. The fourth-order valence-corrected chi connectivity index (χ4v) is 2.17. The summed E-state index contributed by atoms with van der Waals surface area (Å²) < 4.78 is 4.76. The van der Waals surface area contributed by atoms with Gasteiger partial charge in [-0.3, -0.25) is 4.79 Å². The molecule has 17 heavy (non-hydrogen) atoms. The highest BCUT2D eigenvalue weighted by atomic mass is 16.5. The standard InChI is InChI=1S/C12H17N3O2/c1-17-12(16)9-4-7-15(8-5-9)11-10(13)3-2-6-14-11/h2-3,6,9H,4-5,7-8,13H2,1H3. The Labute approximate surface area is 101 Å². The quantitative estimate of drug-likeness (QED) is 0.776. The molecular weight excluding hydrogens is 218 g/mol. The predicted molar refractivity (Wildman–Crippen MR) is 65.6 cm³/mol. The van der Waals surface area contributed by atoms with Gasteiger partial charge in [0.1, 0.15) is 0 Å². The molecule has 0 aromatic carbocycles. The average Bonchev–Trinajstić information content (AvgIpc) is 2.39. The molecule has 5 nitrogen and oxygen atoms in total. The topological polar surface area (TPSA) is 68.5 Å². The van der Waals surface area contributed by atoms with E-state index in [0.29, 0.717) is 5.69 Å². The Kier molecular flexibility index (Phi) is 3.46. The van der Waals surface area contributed by atoms with Gasteiger partial charge in [-0.2, -0.15) is 0 Å². The molecule has 0 radical (unpaired) electrons. The van der Waals surface area contributed by atoms with Gasteiger partial charge in [0.05, 0.1) is 18.7 Å². The summed E-state index contributed by atoms with van der Waals surface area (Å²) >= 11 is 0. The second-order valence-electron chi connectivity index (χ2n) is 4.20. The Bertz CT molecular complexity index is 400. The van der Waals surface area contributed by atoms with Crippen LogP contribution in [-0.4, -0.2) is 31.2 Å². The maximum absolute atomic E-state index is 11.4. The van der Waals surface area contributed by atoms with E-state index in [0.717, 1.165) is 31.7 Å². The second kappa shape index (κ2) is 5.03. The van der Waals surface area contributed by atoms with Gasteiger partial charge in [0.15, 0.2) is 5.82 Å². The SMILES string of the molecule is COC(=O)C1CCN(c2ncccc2N)CC1. The highest BCUT2D eigenvalue weighted by Crippen LogP contribution is 2.26. The molecule has 0 bridgehead atoms. The number of anilines is 2. The molecule has 2 heterocycles. The summed E-state index contributed by atoms with van der Waals surface area (Å²) in [5, 5.41) is 0. The van der Waals surface area contributed by atoms with Crippen LogP contribution in [0.2, 0.25) is 0 Å². The van der Waals surface area contributed by atoms with Crippen LogP contribution in [0.5, 0.6) is 0 Å². The van der Waals surface area contributed by atoms with Gasteiger partial charge in [-0.1, -0.05) is 0 Å². The minimum absolute atomic E-state index is 0.0150. The number of aromatic nitrogens is 1. The first-order valence-electron chi connectivity index (χ1n) is 5.75. The summed E-state index contributed by atoms with van der Waals surface area (Å²) in [7, 11) is 1.44. The lowest BCUT2D eigenvalue weighted by Crippen LogP contribution is -2.37. The van der Waals surface area contributed by atoms with Crippen LogP contribution in [0.15, 0.2) is 18.3 Å². The first-order valence-corrected chi connectivity index (χ1v) is 5.75. The van der Waals surface area contributed by atoms with E-state index in [2.05, 4.69) is 9.88 Å². The highest BCUT2D eigenvalue weighted by molar-refractivity contribution is 5.73. The van der Waals surface area contributed by atoms with Gasteiger partial charge in [0.2, 0.25) is 0 Å². The zero-order valence-corrected chi connectivity index (χ0v) is 9.93. The van der Waals surface area contributed by atoms with Crippen LogP contribution in [0.4, 0.5) is 11.5 Å². The van der Waals surface area contributed by atoms with E-state index in [4.69, 9.17) is 10.5 Å². The van der Waals surface area contributed by atoms with E-state index >= 15 is 0 Å². The summed E-state index contributed by atoms with van der Waals surface area (Å²) in [6.07, 6.45) is 3.32. The number of methoxy groups -OCH3 is 1. The first-order chi connectivity index (χ1) is 8.22. The number of nitrogen functional groups attached to an aromatic ring is 1. The molecule has 1 aromatic rings. The van der Waals surface area contributed by atoms with E-state index < -0.39 is 0 Å². The molecule has 1 saturated heterocycles. The lowest BCUT2D eigenvalue weighted by atomic mass is 9.97. The van der Waals surface area contributed by atoms with E-state index in [1.54, 1.807) is 6.20 Å². The predicted octanol–water partition coefficient (Wildman–Crippen LogP) is 1.05. The van der Waals surface area contributed by atoms with Gasteiger partial charge >= 0.3 is 5.97 Å². The molecule has 1 aliphatic heterocycles. The monoisotopic (exact) mass is 235 g/mol. The van der Waals surface area contributed by atoms with Crippen molar-refractivity contribution in [2.24, 2.45) is 5.92 Å². The lowest BCUT2D eigenvalue weighted by Gasteiger charge is -2.32. The van der Waals surface area contributed by atoms with E-state index in [9.17, 15) is 4.79 Å². The zero-order chi connectivity index (χ0) is 12.3. The van der Waals surface area contributed by atoms with Crippen molar-refractivity contribution in [3.63, 3.8) is 0 Å². The van der Waals surface area contributed by atoms with Gasteiger partial charge in [0, 0.05) is 19.3 Å². The molecule has 0 saturated carbocycles. The summed E-state index contributed by atoms with van der Waals surface area (Å²) in [5.41, 5.74) is 6.56. The zero-order valence-electron chi connectivity index (χ0n) is 9.93. The van der Waals surface area contributed by atoms with Crippen LogP contribution in [0.1, 0.15) is 12.8 Å². The fraction of sp³-hybridized carbons (Fsp3) is 0.500. The van der Waals surface area contributed by atoms with Crippen LogP contribution in [0.25, 0.3) is 0 Å². The number of rotatable bonds is 2. The minimum Gasteiger partial charge on any atom is -0.469 e. The summed E-state index contributed by atoms with van der Waals surface area (Å²) in [6.45, 7) is 1.59. The van der Waals surface area contributed by atoms with E-state index in [1.807, 2.05) is 12.1 Å². The third kappa shape index (κ3) is 2.49. The number of carbonyl (C=O) groups excluding carboxylic acids is 1. The molecule has 0 spiro atoms. The van der Waals surface area contributed by atoms with Crippen molar-refractivity contribution in [1.82, 2.24) is 4.98 Å². The van der Waals surface area contributed by atoms with Crippen LogP contribution in [-0.2, 0) is 9.53 Å². The molecule has 1 fully saturated rings. The third-order valence-corrected chi connectivity index (χ3v) is 3.15. The molecule has 5 heteroatoms. The van der Waals surface area contributed by atoms with Crippen molar-refractivity contribution in [1.29, 1.82) is 0 Å². The Morgan fingerprint density at radius 2 is 2.24 bits per heavy atom. The molecule has 0 amide bonds. The number of piperidine rings is 1. The molecule has 92 valence electrons. The van der Waals surface area contributed by atoms with Crippen molar-refractivity contribution in [3.8, 4) is 0 Å². The van der Waals surface area contributed by atoms with Gasteiger partial charge < -0.3 is 15.4 Å². The average molecular weight is 235 g/mol. The molecule has 2 rings (SSSR count). The summed E-state index contributed by atoms with van der Waals surface area (Å²) in [6, 6.07) is 3.66. The molecular formula is C12H17N3O2. The fourth-order valence-electron chi connectivity index (χ4n) is 2.17.